The van der Waals surface area contributed by atoms with Crippen LogP contribution in [-0.4, -0.2) is 72.0 Å². The maximum atomic E-state index is 12.0. The molecule has 0 unspecified atom stereocenters. The number of hydrogen-bond acceptors (Lipinski definition) is 3. The second kappa shape index (κ2) is 5.96. The van der Waals surface area contributed by atoms with E-state index in [-0.39, 0.29) is 0 Å². The number of alkyl halides is 3. The van der Waals surface area contributed by atoms with E-state index in [1.807, 2.05) is 10.2 Å². The number of rotatable bonds is 3. The Morgan fingerprint density at radius 1 is 1.21 bits per heavy atom. The molecular formula is C11H20F3N3O2. The van der Waals surface area contributed by atoms with E-state index in [9.17, 15) is 23.1 Å². The second-order valence-corrected chi connectivity index (χ2v) is 5.35. The zero-order valence-corrected chi connectivity index (χ0v) is 11.1. The van der Waals surface area contributed by atoms with Crippen molar-refractivity contribution in [2.75, 3.05) is 39.3 Å². The molecule has 0 atom stereocenters. The number of nitrogens with one attached hydrogen (secondary N) is 1. The van der Waals surface area contributed by atoms with E-state index in [2.05, 4.69) is 0 Å². The van der Waals surface area contributed by atoms with Crippen LogP contribution in [0.1, 0.15) is 13.8 Å². The van der Waals surface area contributed by atoms with Crippen LogP contribution in [0, 0.1) is 0 Å². The number of carbonyl (C=O) groups excluding carboxylic acids is 1. The Kier molecular flexibility index (Phi) is 5.03. The first-order chi connectivity index (χ1) is 8.57. The van der Waals surface area contributed by atoms with Crippen LogP contribution in [0.15, 0.2) is 0 Å². The van der Waals surface area contributed by atoms with Crippen molar-refractivity contribution in [1.82, 2.24) is 15.1 Å². The summed E-state index contributed by atoms with van der Waals surface area (Å²) in [6.07, 6.45) is -4.39. The lowest BCUT2D eigenvalue weighted by Gasteiger charge is -2.37. The largest absolute Gasteiger partial charge is 0.405 e. The van der Waals surface area contributed by atoms with Gasteiger partial charge >= 0.3 is 12.2 Å². The molecule has 1 fully saturated rings. The Morgan fingerprint density at radius 3 is 2.16 bits per heavy atom. The van der Waals surface area contributed by atoms with Crippen molar-refractivity contribution in [2.24, 2.45) is 0 Å². The zero-order chi connectivity index (χ0) is 14.7. The van der Waals surface area contributed by atoms with Gasteiger partial charge in [-0.05, 0) is 13.8 Å². The Balaban J connectivity index is 2.31. The molecule has 0 aromatic rings. The van der Waals surface area contributed by atoms with Gasteiger partial charge in [0.05, 0.1) is 5.60 Å². The molecule has 0 saturated carbocycles. The van der Waals surface area contributed by atoms with E-state index in [1.165, 1.54) is 4.90 Å². The Hall–Kier alpha value is -1.02. The van der Waals surface area contributed by atoms with Gasteiger partial charge in [0.25, 0.3) is 0 Å². The quantitative estimate of drug-likeness (QED) is 0.799. The third-order valence-corrected chi connectivity index (χ3v) is 2.71. The van der Waals surface area contributed by atoms with Crippen LogP contribution >= 0.6 is 0 Å². The molecule has 19 heavy (non-hydrogen) atoms. The maximum absolute atomic E-state index is 12.0. The first kappa shape index (κ1) is 16.0. The summed E-state index contributed by atoms with van der Waals surface area (Å²) >= 11 is 0. The number of carbonyl (C=O) groups is 1. The van der Waals surface area contributed by atoms with Gasteiger partial charge in [0.15, 0.2) is 0 Å². The normalized spacial score (nSPS) is 18.5. The maximum Gasteiger partial charge on any atom is 0.405 e. The number of nitrogens with zero attached hydrogens (tertiary/aromatic N) is 2. The first-order valence-corrected chi connectivity index (χ1v) is 6.11. The van der Waals surface area contributed by atoms with E-state index in [0.29, 0.717) is 32.7 Å². The molecule has 1 heterocycles. The molecule has 1 saturated heterocycles. The van der Waals surface area contributed by atoms with Crippen molar-refractivity contribution >= 4 is 6.03 Å². The van der Waals surface area contributed by atoms with Gasteiger partial charge in [-0.25, -0.2) is 4.79 Å². The van der Waals surface area contributed by atoms with Crippen LogP contribution in [0.25, 0.3) is 0 Å². The van der Waals surface area contributed by atoms with Crippen molar-refractivity contribution in [3.05, 3.63) is 0 Å². The number of amides is 2. The molecule has 1 aliphatic rings. The van der Waals surface area contributed by atoms with E-state index >= 15 is 0 Å². The minimum absolute atomic E-state index is 0.361. The molecule has 0 aliphatic carbocycles. The van der Waals surface area contributed by atoms with Crippen molar-refractivity contribution in [1.29, 1.82) is 0 Å². The summed E-state index contributed by atoms with van der Waals surface area (Å²) in [6, 6.07) is -0.694. The molecule has 1 aliphatic heterocycles. The minimum Gasteiger partial charge on any atom is -0.389 e. The fourth-order valence-corrected chi connectivity index (χ4v) is 1.94. The SMILES string of the molecule is CC(C)(O)CN1CCN(C(=O)NCC(F)(F)F)CC1. The van der Waals surface area contributed by atoms with Gasteiger partial charge in [0, 0.05) is 32.7 Å². The molecule has 0 aromatic heterocycles. The Morgan fingerprint density at radius 2 is 1.74 bits per heavy atom. The standard InChI is InChI=1S/C11H20F3N3O2/c1-10(2,19)8-16-3-5-17(6-4-16)9(18)15-7-11(12,13)14/h19H,3-8H2,1-2H3,(H,15,18). The Labute approximate surface area is 110 Å². The minimum atomic E-state index is -4.39. The van der Waals surface area contributed by atoms with E-state index < -0.39 is 24.4 Å². The predicted octanol–water partition coefficient (Wildman–Crippen LogP) is 0.647. The summed E-state index contributed by atoms with van der Waals surface area (Å²) in [4.78, 5) is 14.8. The molecule has 2 amide bonds. The molecule has 0 radical (unpaired) electrons. The molecule has 112 valence electrons. The monoisotopic (exact) mass is 283 g/mol. The molecule has 5 nitrogen and oxygen atoms in total. The van der Waals surface area contributed by atoms with Crippen LogP contribution in [0.3, 0.4) is 0 Å². The summed E-state index contributed by atoms with van der Waals surface area (Å²) in [5.41, 5.74) is -0.819. The fraction of sp³-hybridized carbons (Fsp3) is 0.909. The van der Waals surface area contributed by atoms with E-state index in [4.69, 9.17) is 0 Å². The third kappa shape index (κ3) is 6.63. The third-order valence-electron chi connectivity index (χ3n) is 2.71. The predicted molar refractivity (Wildman–Crippen MR) is 63.8 cm³/mol. The van der Waals surface area contributed by atoms with Gasteiger partial charge in [-0.15, -0.1) is 0 Å². The zero-order valence-electron chi connectivity index (χ0n) is 11.1. The lowest BCUT2D eigenvalue weighted by atomic mass is 10.1. The molecule has 0 aromatic carbocycles. The summed E-state index contributed by atoms with van der Waals surface area (Å²) in [5, 5.41) is 11.5. The summed E-state index contributed by atoms with van der Waals surface area (Å²) in [7, 11) is 0. The van der Waals surface area contributed by atoms with Gasteiger partial charge in [0.1, 0.15) is 6.54 Å². The van der Waals surface area contributed by atoms with Crippen molar-refractivity contribution < 1.29 is 23.1 Å². The van der Waals surface area contributed by atoms with Gasteiger partial charge in [-0.3, -0.25) is 4.90 Å². The molecule has 1 rings (SSSR count). The van der Waals surface area contributed by atoms with Crippen LogP contribution in [0.5, 0.6) is 0 Å². The highest BCUT2D eigenvalue weighted by molar-refractivity contribution is 5.74. The lowest BCUT2D eigenvalue weighted by molar-refractivity contribution is -0.123. The first-order valence-electron chi connectivity index (χ1n) is 6.11. The van der Waals surface area contributed by atoms with Crippen molar-refractivity contribution in [3.8, 4) is 0 Å². The summed E-state index contributed by atoms with van der Waals surface area (Å²) in [6.45, 7) is 4.36. The summed E-state index contributed by atoms with van der Waals surface area (Å²) < 4.78 is 35.9. The summed E-state index contributed by atoms with van der Waals surface area (Å²) in [5.74, 6) is 0. The number of urea groups is 1. The molecule has 8 heteroatoms. The number of β-amino-alcohol motifs (C(OH)–C–C–N with tert-alkyl or cyclic N) is 1. The fourth-order valence-electron chi connectivity index (χ4n) is 1.94. The highest BCUT2D eigenvalue weighted by Gasteiger charge is 2.30. The molecule has 2 N–H and O–H groups in total. The second-order valence-electron chi connectivity index (χ2n) is 5.35. The van der Waals surface area contributed by atoms with Crippen LogP contribution in [0.2, 0.25) is 0 Å². The van der Waals surface area contributed by atoms with E-state index in [1.54, 1.807) is 13.8 Å². The molecule has 0 bridgehead atoms. The number of piperazine rings is 1. The van der Waals surface area contributed by atoms with Crippen LogP contribution in [-0.2, 0) is 0 Å². The highest BCUT2D eigenvalue weighted by atomic mass is 19.4. The number of aliphatic hydroxyl groups is 1. The van der Waals surface area contributed by atoms with Crippen LogP contribution < -0.4 is 5.32 Å². The molecule has 0 spiro atoms. The van der Waals surface area contributed by atoms with Gasteiger partial charge in [0.2, 0.25) is 0 Å². The number of halogens is 3. The number of hydrogen-bond donors (Lipinski definition) is 2. The average molecular weight is 283 g/mol. The lowest BCUT2D eigenvalue weighted by Crippen LogP contribution is -2.54. The van der Waals surface area contributed by atoms with Gasteiger partial charge in [-0.1, -0.05) is 0 Å². The van der Waals surface area contributed by atoms with Crippen molar-refractivity contribution in [3.63, 3.8) is 0 Å². The van der Waals surface area contributed by atoms with Crippen molar-refractivity contribution in [2.45, 2.75) is 25.6 Å². The van der Waals surface area contributed by atoms with Gasteiger partial charge < -0.3 is 15.3 Å². The van der Waals surface area contributed by atoms with Gasteiger partial charge in [-0.2, -0.15) is 13.2 Å². The topological polar surface area (TPSA) is 55.8 Å². The smallest absolute Gasteiger partial charge is 0.389 e. The van der Waals surface area contributed by atoms with Crippen LogP contribution in [0.4, 0.5) is 18.0 Å². The average Bonchev–Trinajstić information content (AvgIpc) is 2.23. The van der Waals surface area contributed by atoms with E-state index in [0.717, 1.165) is 0 Å². The Bertz CT molecular complexity index is 307. The highest BCUT2D eigenvalue weighted by Crippen LogP contribution is 2.13. The molecular weight excluding hydrogens is 263 g/mol.